The number of carbonyl (C=O) groups is 19. The van der Waals surface area contributed by atoms with Crippen molar-refractivity contribution < 1.29 is 126 Å². The van der Waals surface area contributed by atoms with Crippen molar-refractivity contribution in [3.8, 4) is 17.2 Å². The molecule has 43 nitrogen and oxygen atoms in total. The fourth-order valence-corrected chi connectivity index (χ4v) is 14.8. The summed E-state index contributed by atoms with van der Waals surface area (Å²) in [5.41, 5.74) is 7.40. The van der Waals surface area contributed by atoms with Gasteiger partial charge in [-0.3, -0.25) is 86.3 Å². The van der Waals surface area contributed by atoms with E-state index in [1.807, 2.05) is 0 Å². The van der Waals surface area contributed by atoms with Gasteiger partial charge in [0.2, 0.25) is 94.5 Å². The molecular formula is C84H107N17O26S. The number of hydrogen-bond donors (Lipinski definition) is 21. The topological polar surface area (TPSA) is 657 Å². The summed E-state index contributed by atoms with van der Waals surface area (Å²) in [5.74, 6) is -22.9. The molecule has 0 aliphatic carbocycles. The molecule has 4 heterocycles. The lowest BCUT2D eigenvalue weighted by Gasteiger charge is -2.31. The number of ether oxygens (including phenoxy) is 2. The molecule has 14 atom stereocenters. The Kier molecular flexibility index (Phi) is 37.7. The summed E-state index contributed by atoms with van der Waals surface area (Å²) in [5, 5.41) is 86.4. The van der Waals surface area contributed by atoms with Gasteiger partial charge in [-0.1, -0.05) is 54.6 Å². The molecule has 690 valence electrons. The summed E-state index contributed by atoms with van der Waals surface area (Å²) < 4.78 is 10.7. The smallest absolute Gasteiger partial charge is 0.326 e. The van der Waals surface area contributed by atoms with Crippen molar-refractivity contribution in [3.05, 3.63) is 126 Å². The average molecular weight is 1800 g/mol. The summed E-state index contributed by atoms with van der Waals surface area (Å²) in [6.07, 6.45) is -7.56. The third kappa shape index (κ3) is 30.7. The largest absolute Gasteiger partial charge is 0.508 e. The molecule has 8 rings (SSSR count). The van der Waals surface area contributed by atoms with Gasteiger partial charge in [0.25, 0.3) is 0 Å². The SMILES string of the molecule is COC(=O)CC[C@@H]1NC(=O)[C@H](Cc2cc3ccccc3[nH]2)NC(=O)[C@@H]2CC(=O)O[C@H](C)[C@H](NC(=O)[C@H](CC(N)=O)NC(=O)CNC(=O)[C@H](Cc3ccc(O)cc3)NC(C)=O)C(=O)N[C@@H](CCSC)C(=O)N[C@@H](CCCCNC(=O)CC[C@@H](C(=O)N[C@@H](Cc3ccc(O)cc3)C(=O)O)NC1=O)C(=O)N[C@@H](Cc1ccc(O)cc1)C(=O)N1CCC[C@H]1C(=O)N[C@@H](CO)C(=O)N2. The molecule has 0 unspecified atom stereocenters. The van der Waals surface area contributed by atoms with E-state index < -0.39 is 255 Å². The van der Waals surface area contributed by atoms with Crippen molar-refractivity contribution in [2.75, 3.05) is 45.4 Å². The zero-order valence-electron chi connectivity index (χ0n) is 70.5. The number of nitrogens with zero attached hydrogens (tertiary/aromatic N) is 1. The van der Waals surface area contributed by atoms with Crippen LogP contribution in [0.3, 0.4) is 0 Å². The number of methoxy groups -OCH3 is 1. The van der Waals surface area contributed by atoms with Gasteiger partial charge >= 0.3 is 17.9 Å². The lowest BCUT2D eigenvalue weighted by molar-refractivity contribution is -0.154. The number of benzene rings is 4. The van der Waals surface area contributed by atoms with Crippen molar-refractivity contribution in [2.45, 2.75) is 201 Å². The van der Waals surface area contributed by atoms with E-state index in [1.54, 1.807) is 36.6 Å². The van der Waals surface area contributed by atoms with E-state index in [0.717, 1.165) is 37.6 Å². The molecular weight excluding hydrogens is 1700 g/mol. The standard InChI is InChI=1S/C84H107N17O26S/c1-43-71(100-79(119)60(39-66(85)107)90-68(109)41-87-72(112)58(88-44(2)103)34-45-14-20-50(104)21-15-45)82(122)94-57(30-33-128-4)76(116)91-54-12-7-8-31-86-67(108)28-26-55(75(115)98-63(84(124)125)36-47-18-24-52(106)25-19-47)92-74(114)56(27-29-69(110)126-3)93-77(117)59(38-49-37-48-10-5-6-11-53(48)89-49)95-78(118)61(40-70(111)127-43)96-80(120)64(42-102)99-81(121)65-13-9-32-101(65)83(123)62(97-73(54)113)35-46-16-22-51(105)23-17-46/h5-6,10-11,14-25,37,43,54-65,71,89,102,104-106H,7-9,12-13,26-36,38-42H2,1-4H3,(H2,85,107)(H,86,108)(H,87,112)(H,88,103)(H,90,109)(H,91,116)(H,92,114)(H,93,117)(H,94,122)(H,95,118)(H,96,120)(H,97,113)(H,98,115)(H,99,121)(H,100,119)(H,124,125)/t43-,54+,55+,56+,57+,58+,59+,60+,61+,62+,63+,64+,65+,71+/m1/s1. The molecule has 128 heavy (non-hydrogen) atoms. The quantitative estimate of drug-likeness (QED) is 0.0221. The third-order valence-electron chi connectivity index (χ3n) is 21.1. The molecule has 1 aromatic heterocycles. The highest BCUT2D eigenvalue weighted by atomic mass is 32.2. The summed E-state index contributed by atoms with van der Waals surface area (Å²) in [6, 6.07) is 0.321. The zero-order chi connectivity index (χ0) is 93.4. The minimum atomic E-state index is -2.36. The van der Waals surface area contributed by atoms with Crippen LogP contribution >= 0.6 is 11.8 Å². The van der Waals surface area contributed by atoms with Crippen LogP contribution in [0.4, 0.5) is 0 Å². The first-order valence-electron chi connectivity index (χ1n) is 41.2. The number of aliphatic hydroxyl groups is 1. The monoisotopic (exact) mass is 1800 g/mol. The highest BCUT2D eigenvalue weighted by molar-refractivity contribution is 7.98. The van der Waals surface area contributed by atoms with Crippen molar-refractivity contribution in [1.82, 2.24) is 84.3 Å². The molecule has 0 spiro atoms. The Morgan fingerprint density at radius 1 is 0.602 bits per heavy atom. The molecule has 22 N–H and O–H groups in total. The number of phenols is 3. The van der Waals surface area contributed by atoms with Gasteiger partial charge in [-0.05, 0) is 141 Å². The maximum Gasteiger partial charge on any atom is 0.326 e. The number of carbonyl (C=O) groups excluding carboxylic acids is 18. The van der Waals surface area contributed by atoms with E-state index >= 15 is 38.4 Å². The normalized spacial score (nSPS) is 22.6. The van der Waals surface area contributed by atoms with Gasteiger partial charge in [-0.2, -0.15) is 11.8 Å². The number of carboxylic acid groups (broad SMARTS) is 1. The average Bonchev–Trinajstić information content (AvgIpc) is 1.60. The maximum atomic E-state index is 15.6. The van der Waals surface area contributed by atoms with E-state index in [2.05, 4.69) is 79.4 Å². The van der Waals surface area contributed by atoms with Crippen LogP contribution < -0.4 is 80.2 Å². The Balaban J connectivity index is 1.26. The van der Waals surface area contributed by atoms with Crippen molar-refractivity contribution >= 4 is 135 Å². The van der Waals surface area contributed by atoms with E-state index in [1.165, 1.54) is 72.8 Å². The van der Waals surface area contributed by atoms with Crippen LogP contribution in [0.5, 0.6) is 17.2 Å². The minimum Gasteiger partial charge on any atom is -0.508 e. The Labute approximate surface area is 737 Å². The van der Waals surface area contributed by atoms with Crippen LogP contribution in [-0.4, -0.2) is 278 Å². The molecule has 3 aliphatic rings. The number of amides is 16. The Morgan fingerprint density at radius 3 is 1.80 bits per heavy atom. The second kappa shape index (κ2) is 48.5. The molecule has 0 saturated carbocycles. The van der Waals surface area contributed by atoms with Gasteiger partial charge in [0, 0.05) is 69.7 Å². The highest BCUT2D eigenvalue weighted by Crippen LogP contribution is 2.24. The number of aliphatic carboxylic acids is 1. The van der Waals surface area contributed by atoms with Gasteiger partial charge in [-0.15, -0.1) is 0 Å². The molecule has 16 amide bonds. The van der Waals surface area contributed by atoms with Crippen LogP contribution in [0, 0.1) is 0 Å². The number of nitrogens with two attached hydrogens (primary N) is 1. The van der Waals surface area contributed by atoms with Gasteiger partial charge in [0.15, 0.2) is 0 Å². The number of primary amides is 1. The predicted molar refractivity (Wildman–Crippen MR) is 453 cm³/mol. The summed E-state index contributed by atoms with van der Waals surface area (Å²) in [7, 11) is 1.01. The predicted octanol–water partition coefficient (Wildman–Crippen LogP) is -4.43. The molecule has 4 aromatic carbocycles. The summed E-state index contributed by atoms with van der Waals surface area (Å²) >= 11 is 1.16. The lowest BCUT2D eigenvalue weighted by atomic mass is 10.0. The minimum absolute atomic E-state index is 0.0292. The van der Waals surface area contributed by atoms with Gasteiger partial charge < -0.3 is 125 Å². The van der Waals surface area contributed by atoms with Gasteiger partial charge in [0.05, 0.1) is 33.1 Å². The maximum absolute atomic E-state index is 15.6. The number of aromatic hydroxyl groups is 3. The van der Waals surface area contributed by atoms with Crippen LogP contribution in [0.1, 0.15) is 113 Å². The Morgan fingerprint density at radius 2 is 1.18 bits per heavy atom. The molecule has 0 radical (unpaired) electrons. The van der Waals surface area contributed by atoms with Gasteiger partial charge in [-0.25, -0.2) is 4.79 Å². The van der Waals surface area contributed by atoms with Gasteiger partial charge in [0.1, 0.15) is 102 Å². The zero-order valence-corrected chi connectivity index (χ0v) is 71.3. The number of nitrogens with one attached hydrogen (secondary N) is 15. The molecule has 3 aliphatic heterocycles. The summed E-state index contributed by atoms with van der Waals surface area (Å²) in [4.78, 5) is 278. The highest BCUT2D eigenvalue weighted by Gasteiger charge is 2.44. The number of aromatic amines is 1. The first-order chi connectivity index (χ1) is 61.0. The second-order valence-electron chi connectivity index (χ2n) is 30.9. The number of aliphatic hydroxyl groups excluding tert-OH is 1. The first-order valence-corrected chi connectivity index (χ1v) is 42.6. The number of esters is 2. The lowest BCUT2D eigenvalue weighted by Crippen LogP contribution is -2.62. The molecule has 3 saturated heterocycles. The van der Waals surface area contributed by atoms with Crippen LogP contribution in [0.2, 0.25) is 0 Å². The van der Waals surface area contributed by atoms with E-state index in [0.29, 0.717) is 27.6 Å². The van der Waals surface area contributed by atoms with Crippen molar-refractivity contribution in [2.24, 2.45) is 5.73 Å². The Bertz CT molecular complexity index is 4830. The number of thioether (sulfide) groups is 1. The van der Waals surface area contributed by atoms with E-state index in [4.69, 9.17) is 15.2 Å². The first kappa shape index (κ1) is 99.5. The second-order valence-corrected chi connectivity index (χ2v) is 31.9. The number of fused-ring (bicyclic) bond motifs is 13. The molecule has 2 bridgehead atoms. The number of hydrogen-bond acceptors (Lipinski definition) is 26. The molecule has 5 aromatic rings. The number of para-hydroxylation sites is 1. The fraction of sp³-hybridized carbons (Fsp3) is 0.464. The van der Waals surface area contributed by atoms with Crippen molar-refractivity contribution in [1.29, 1.82) is 0 Å². The van der Waals surface area contributed by atoms with E-state index in [-0.39, 0.29) is 99.6 Å². The summed E-state index contributed by atoms with van der Waals surface area (Å²) in [6.45, 7) is -0.480. The van der Waals surface area contributed by atoms with E-state index in [9.17, 15) is 78.3 Å². The number of carboxylic acids is 1. The number of aromatic nitrogens is 1. The Hall–Kier alpha value is -13.9. The fourth-order valence-electron chi connectivity index (χ4n) is 14.3. The van der Waals surface area contributed by atoms with Crippen LogP contribution in [-0.2, 0) is 126 Å². The third-order valence-corrected chi connectivity index (χ3v) is 21.8. The number of rotatable bonds is 27. The number of H-pyrrole nitrogens is 1. The van der Waals surface area contributed by atoms with Crippen LogP contribution in [0.25, 0.3) is 10.9 Å². The van der Waals surface area contributed by atoms with Crippen molar-refractivity contribution in [3.63, 3.8) is 0 Å². The molecule has 3 fully saturated rings. The molecule has 44 heteroatoms. The number of phenolic OH excluding ortho intramolecular Hbond substituents is 3. The van der Waals surface area contributed by atoms with Crippen LogP contribution in [0.15, 0.2) is 103 Å².